The van der Waals surface area contributed by atoms with Crippen molar-refractivity contribution >= 4 is 11.6 Å². The second-order valence-electron chi connectivity index (χ2n) is 3.66. The maximum atomic E-state index is 13.4. The Kier molecular flexibility index (Phi) is 3.44. The Morgan fingerprint density at radius 1 is 1.53 bits per heavy atom. The van der Waals surface area contributed by atoms with E-state index < -0.39 is 5.82 Å². The Bertz CT molecular complexity index is 339. The Balaban J connectivity index is 1.95. The summed E-state index contributed by atoms with van der Waals surface area (Å²) in [6.45, 7) is 1.52. The van der Waals surface area contributed by atoms with Gasteiger partial charge < -0.3 is 10.1 Å². The highest BCUT2D eigenvalue weighted by atomic mass is 35.5. The third-order valence-corrected chi connectivity index (χ3v) is 2.81. The second kappa shape index (κ2) is 4.81. The molecule has 1 N–H and O–H groups in total. The molecule has 1 aliphatic heterocycles. The predicted molar refractivity (Wildman–Crippen MR) is 57.9 cm³/mol. The summed E-state index contributed by atoms with van der Waals surface area (Å²) in [6.07, 6.45) is 2.24. The third-order valence-electron chi connectivity index (χ3n) is 2.52. The quantitative estimate of drug-likeness (QED) is 0.861. The van der Waals surface area contributed by atoms with Crippen molar-refractivity contribution in [1.82, 2.24) is 5.32 Å². The molecule has 0 bridgehead atoms. The molecule has 1 fully saturated rings. The van der Waals surface area contributed by atoms with Gasteiger partial charge in [-0.3, -0.25) is 0 Å². The molecule has 2 nitrogen and oxygen atoms in total. The van der Waals surface area contributed by atoms with Crippen molar-refractivity contribution in [3.8, 4) is 5.75 Å². The van der Waals surface area contributed by atoms with Crippen molar-refractivity contribution in [1.29, 1.82) is 0 Å². The van der Waals surface area contributed by atoms with E-state index in [0.717, 1.165) is 19.4 Å². The number of rotatable bonds is 3. The van der Waals surface area contributed by atoms with E-state index in [1.54, 1.807) is 12.1 Å². The van der Waals surface area contributed by atoms with Crippen LogP contribution in [0.5, 0.6) is 5.75 Å². The molecule has 1 aliphatic rings. The zero-order valence-electron chi connectivity index (χ0n) is 8.30. The van der Waals surface area contributed by atoms with Gasteiger partial charge in [0.05, 0.1) is 5.02 Å². The molecule has 0 spiro atoms. The summed E-state index contributed by atoms with van der Waals surface area (Å²) in [4.78, 5) is 0. The molecule has 1 unspecified atom stereocenters. The number of ether oxygens (including phenoxy) is 1. The smallest absolute Gasteiger partial charge is 0.183 e. The normalized spacial score (nSPS) is 20.5. The van der Waals surface area contributed by atoms with Crippen LogP contribution in [0.1, 0.15) is 12.8 Å². The lowest BCUT2D eigenvalue weighted by Crippen LogP contribution is -2.28. The second-order valence-corrected chi connectivity index (χ2v) is 4.06. The molecule has 1 atom stereocenters. The van der Waals surface area contributed by atoms with Crippen molar-refractivity contribution in [3.05, 3.63) is 29.0 Å². The molecule has 0 amide bonds. The van der Waals surface area contributed by atoms with Crippen LogP contribution in [0, 0.1) is 5.82 Å². The van der Waals surface area contributed by atoms with Crippen LogP contribution in [0.25, 0.3) is 0 Å². The van der Waals surface area contributed by atoms with E-state index in [9.17, 15) is 4.39 Å². The lowest BCUT2D eigenvalue weighted by molar-refractivity contribution is 0.265. The monoisotopic (exact) mass is 229 g/mol. The van der Waals surface area contributed by atoms with Crippen LogP contribution in [-0.2, 0) is 0 Å². The maximum Gasteiger partial charge on any atom is 0.183 e. The molecule has 1 aromatic carbocycles. The molecule has 1 heterocycles. The van der Waals surface area contributed by atoms with Gasteiger partial charge in [0, 0.05) is 6.04 Å². The van der Waals surface area contributed by atoms with Gasteiger partial charge >= 0.3 is 0 Å². The van der Waals surface area contributed by atoms with Gasteiger partial charge in [-0.25, -0.2) is 4.39 Å². The number of hydrogen-bond acceptors (Lipinski definition) is 2. The molecule has 0 aromatic heterocycles. The van der Waals surface area contributed by atoms with Gasteiger partial charge in [0.25, 0.3) is 0 Å². The first-order valence-corrected chi connectivity index (χ1v) is 5.45. The van der Waals surface area contributed by atoms with Crippen LogP contribution in [0.2, 0.25) is 5.02 Å². The lowest BCUT2D eigenvalue weighted by Gasteiger charge is -2.12. The molecular formula is C11H13ClFNO. The number of halogens is 2. The summed E-state index contributed by atoms with van der Waals surface area (Å²) in [6, 6.07) is 5.12. The number of hydrogen-bond donors (Lipinski definition) is 1. The van der Waals surface area contributed by atoms with Gasteiger partial charge in [-0.1, -0.05) is 17.7 Å². The molecule has 1 aromatic rings. The van der Waals surface area contributed by atoms with Crippen LogP contribution in [-0.4, -0.2) is 19.2 Å². The summed E-state index contributed by atoms with van der Waals surface area (Å²) in [5.74, 6) is -0.242. The van der Waals surface area contributed by atoms with Crippen molar-refractivity contribution in [3.63, 3.8) is 0 Å². The van der Waals surface area contributed by atoms with Crippen LogP contribution in [0.15, 0.2) is 18.2 Å². The van der Waals surface area contributed by atoms with Crippen molar-refractivity contribution < 1.29 is 9.13 Å². The van der Waals surface area contributed by atoms with Gasteiger partial charge in [0.15, 0.2) is 11.6 Å². The van der Waals surface area contributed by atoms with E-state index in [1.165, 1.54) is 6.07 Å². The average molecular weight is 230 g/mol. The molecular weight excluding hydrogens is 217 g/mol. The Labute approximate surface area is 93.4 Å². The summed E-state index contributed by atoms with van der Waals surface area (Å²) in [5.41, 5.74) is 0. The topological polar surface area (TPSA) is 21.3 Å². The minimum absolute atomic E-state index is 0.104. The Hall–Kier alpha value is -0.800. The van der Waals surface area contributed by atoms with Gasteiger partial charge in [-0.2, -0.15) is 0 Å². The summed E-state index contributed by atoms with van der Waals surface area (Å²) in [7, 11) is 0. The zero-order chi connectivity index (χ0) is 10.7. The molecule has 1 saturated heterocycles. The maximum absolute atomic E-state index is 13.4. The first-order valence-electron chi connectivity index (χ1n) is 5.07. The highest BCUT2D eigenvalue weighted by Gasteiger charge is 2.15. The molecule has 0 radical (unpaired) electrons. The standard InChI is InChI=1S/C11H13ClFNO/c12-9-4-1-5-10(11(9)13)15-7-8-3-2-6-14-8/h1,4-5,8,14H,2-3,6-7H2. The van der Waals surface area contributed by atoms with E-state index in [1.807, 2.05) is 0 Å². The van der Waals surface area contributed by atoms with E-state index in [2.05, 4.69) is 5.32 Å². The van der Waals surface area contributed by atoms with Crippen LogP contribution in [0.4, 0.5) is 4.39 Å². The zero-order valence-corrected chi connectivity index (χ0v) is 9.06. The Morgan fingerprint density at radius 3 is 3.13 bits per heavy atom. The Morgan fingerprint density at radius 2 is 2.40 bits per heavy atom. The largest absolute Gasteiger partial charge is 0.489 e. The third kappa shape index (κ3) is 2.61. The van der Waals surface area contributed by atoms with Crippen molar-refractivity contribution in [2.75, 3.05) is 13.2 Å². The van der Waals surface area contributed by atoms with E-state index in [4.69, 9.17) is 16.3 Å². The van der Waals surface area contributed by atoms with Gasteiger partial charge in [-0.05, 0) is 31.5 Å². The number of benzene rings is 1. The minimum Gasteiger partial charge on any atom is -0.489 e. The molecule has 2 rings (SSSR count). The molecule has 0 saturated carbocycles. The van der Waals surface area contributed by atoms with Crippen LogP contribution >= 0.6 is 11.6 Å². The van der Waals surface area contributed by atoms with Crippen molar-refractivity contribution in [2.45, 2.75) is 18.9 Å². The first kappa shape index (κ1) is 10.7. The van der Waals surface area contributed by atoms with Crippen LogP contribution < -0.4 is 10.1 Å². The highest BCUT2D eigenvalue weighted by Crippen LogP contribution is 2.24. The van der Waals surface area contributed by atoms with E-state index >= 15 is 0 Å². The van der Waals surface area contributed by atoms with E-state index in [0.29, 0.717) is 12.6 Å². The fourth-order valence-electron chi connectivity index (χ4n) is 1.68. The lowest BCUT2D eigenvalue weighted by atomic mass is 10.2. The molecule has 4 heteroatoms. The highest BCUT2D eigenvalue weighted by molar-refractivity contribution is 6.30. The SMILES string of the molecule is Fc1c(Cl)cccc1OCC1CCCN1. The number of nitrogens with one attached hydrogen (secondary N) is 1. The molecule has 15 heavy (non-hydrogen) atoms. The summed E-state index contributed by atoms with van der Waals surface area (Å²) in [5, 5.41) is 3.38. The predicted octanol–water partition coefficient (Wildman–Crippen LogP) is 2.61. The van der Waals surface area contributed by atoms with Gasteiger partial charge in [0.1, 0.15) is 6.61 Å². The van der Waals surface area contributed by atoms with Crippen molar-refractivity contribution in [2.24, 2.45) is 0 Å². The summed E-state index contributed by atoms with van der Waals surface area (Å²) >= 11 is 5.64. The average Bonchev–Trinajstić information content (AvgIpc) is 2.73. The van der Waals surface area contributed by atoms with Crippen LogP contribution in [0.3, 0.4) is 0 Å². The molecule has 82 valence electrons. The van der Waals surface area contributed by atoms with E-state index in [-0.39, 0.29) is 10.8 Å². The molecule has 0 aliphatic carbocycles. The fourth-order valence-corrected chi connectivity index (χ4v) is 1.85. The fraction of sp³-hybridized carbons (Fsp3) is 0.455. The summed E-state index contributed by atoms with van der Waals surface area (Å²) < 4.78 is 18.8. The first-order chi connectivity index (χ1) is 7.27. The van der Waals surface area contributed by atoms with Gasteiger partial charge in [0.2, 0.25) is 0 Å². The minimum atomic E-state index is -0.475. The van der Waals surface area contributed by atoms with Gasteiger partial charge in [-0.15, -0.1) is 0 Å².